The van der Waals surface area contributed by atoms with Gasteiger partial charge < -0.3 is 15.5 Å². The van der Waals surface area contributed by atoms with Crippen molar-refractivity contribution in [3.05, 3.63) is 30.1 Å². The lowest BCUT2D eigenvalue weighted by Gasteiger charge is -2.36. The largest absolute Gasteiger partial charge is 0.369 e. The van der Waals surface area contributed by atoms with Gasteiger partial charge in [-0.1, -0.05) is 0 Å². The second-order valence-corrected chi connectivity index (χ2v) is 7.39. The predicted octanol–water partition coefficient (Wildman–Crippen LogP) is 3.11. The number of piperidine rings is 1. The molecule has 0 aliphatic carbocycles. The van der Waals surface area contributed by atoms with E-state index in [9.17, 15) is 9.18 Å². The molecule has 0 aromatic heterocycles. The maximum atomic E-state index is 13.0. The summed E-state index contributed by atoms with van der Waals surface area (Å²) in [4.78, 5) is 16.7. The fourth-order valence-electron chi connectivity index (χ4n) is 3.83. The van der Waals surface area contributed by atoms with Gasteiger partial charge in [-0.05, 0) is 62.5 Å². The Hall–Kier alpha value is -0.790. The van der Waals surface area contributed by atoms with Crippen LogP contribution in [0.15, 0.2) is 24.3 Å². The van der Waals surface area contributed by atoms with Crippen LogP contribution in [0.1, 0.15) is 25.7 Å². The minimum atomic E-state index is -0.191. The highest BCUT2D eigenvalue weighted by atomic mass is 35.5. The van der Waals surface area contributed by atoms with Crippen molar-refractivity contribution in [2.75, 3.05) is 57.3 Å². The summed E-state index contributed by atoms with van der Waals surface area (Å²) in [5, 5.41) is 6.43. The fourth-order valence-corrected chi connectivity index (χ4v) is 3.83. The molecule has 3 rings (SSSR count). The lowest BCUT2D eigenvalue weighted by molar-refractivity contribution is -0.121. The van der Waals surface area contributed by atoms with Crippen LogP contribution in [0.25, 0.3) is 0 Å². The van der Waals surface area contributed by atoms with E-state index in [1.165, 1.54) is 25.0 Å². The maximum Gasteiger partial charge on any atom is 0.220 e. The van der Waals surface area contributed by atoms with E-state index in [1.54, 1.807) is 0 Å². The molecule has 1 amide bonds. The standard InChI is InChI=1S/C20H31FN4O.3ClH/c21-18-2-4-19(5-3-18)25-15-13-24(14-16-25)12-11-23-20(26)6-1-17-7-9-22-10-8-17;;;/h2-5,17,22H,1,6-16H2,(H,23,26);3*1H. The van der Waals surface area contributed by atoms with Crippen molar-refractivity contribution < 1.29 is 9.18 Å². The molecule has 0 unspecified atom stereocenters. The summed E-state index contributed by atoms with van der Waals surface area (Å²) in [5.41, 5.74) is 1.08. The van der Waals surface area contributed by atoms with E-state index in [4.69, 9.17) is 0 Å². The molecular formula is C20H34Cl3FN4O. The number of carbonyl (C=O) groups is 1. The van der Waals surface area contributed by atoms with E-state index < -0.39 is 0 Å². The summed E-state index contributed by atoms with van der Waals surface area (Å²) in [6, 6.07) is 6.71. The molecule has 0 saturated carbocycles. The average molecular weight is 472 g/mol. The van der Waals surface area contributed by atoms with Crippen LogP contribution in [-0.2, 0) is 4.79 Å². The van der Waals surface area contributed by atoms with E-state index in [0.717, 1.165) is 64.5 Å². The van der Waals surface area contributed by atoms with Crippen LogP contribution in [0.3, 0.4) is 0 Å². The zero-order valence-electron chi connectivity index (χ0n) is 16.8. The molecule has 0 atom stereocenters. The molecule has 2 fully saturated rings. The first-order valence-electron chi connectivity index (χ1n) is 9.91. The number of nitrogens with zero attached hydrogens (tertiary/aromatic N) is 2. The monoisotopic (exact) mass is 470 g/mol. The Morgan fingerprint density at radius 3 is 2.28 bits per heavy atom. The molecule has 2 aliphatic heterocycles. The lowest BCUT2D eigenvalue weighted by atomic mass is 9.93. The van der Waals surface area contributed by atoms with E-state index in [0.29, 0.717) is 12.3 Å². The number of benzene rings is 1. The summed E-state index contributed by atoms with van der Waals surface area (Å²) >= 11 is 0. The van der Waals surface area contributed by atoms with Crippen molar-refractivity contribution >= 4 is 48.8 Å². The number of piperazine rings is 1. The van der Waals surface area contributed by atoms with Gasteiger partial charge in [0.2, 0.25) is 5.91 Å². The summed E-state index contributed by atoms with van der Waals surface area (Å²) in [5.74, 6) is 0.707. The average Bonchev–Trinajstić information content (AvgIpc) is 2.68. The van der Waals surface area contributed by atoms with E-state index >= 15 is 0 Å². The van der Waals surface area contributed by atoms with Gasteiger partial charge in [0, 0.05) is 51.4 Å². The summed E-state index contributed by atoms with van der Waals surface area (Å²) in [6.07, 6.45) is 4.07. The minimum Gasteiger partial charge on any atom is -0.369 e. The summed E-state index contributed by atoms with van der Waals surface area (Å²) in [6.45, 7) is 7.64. The highest BCUT2D eigenvalue weighted by Gasteiger charge is 2.18. The first-order valence-corrected chi connectivity index (χ1v) is 9.91. The smallest absolute Gasteiger partial charge is 0.220 e. The zero-order chi connectivity index (χ0) is 18.2. The van der Waals surface area contributed by atoms with E-state index in [1.807, 2.05) is 12.1 Å². The Balaban J connectivity index is 0.00000261. The number of carbonyl (C=O) groups excluding carboxylic acids is 1. The second-order valence-electron chi connectivity index (χ2n) is 7.39. The Kier molecular flexibility index (Phi) is 14.7. The van der Waals surface area contributed by atoms with Crippen molar-refractivity contribution in [2.24, 2.45) is 5.92 Å². The maximum absolute atomic E-state index is 13.0. The van der Waals surface area contributed by atoms with Gasteiger partial charge in [-0.25, -0.2) is 4.39 Å². The summed E-state index contributed by atoms with van der Waals surface area (Å²) in [7, 11) is 0. The molecule has 1 aromatic rings. The third-order valence-electron chi connectivity index (χ3n) is 5.55. The third kappa shape index (κ3) is 9.71. The number of hydrogen-bond donors (Lipinski definition) is 2. The zero-order valence-corrected chi connectivity index (χ0v) is 19.2. The van der Waals surface area contributed by atoms with Crippen LogP contribution >= 0.6 is 37.2 Å². The summed E-state index contributed by atoms with van der Waals surface area (Å²) < 4.78 is 13.0. The molecule has 29 heavy (non-hydrogen) atoms. The van der Waals surface area contributed by atoms with Crippen molar-refractivity contribution in [3.8, 4) is 0 Å². The van der Waals surface area contributed by atoms with Gasteiger partial charge in [-0.15, -0.1) is 37.2 Å². The van der Waals surface area contributed by atoms with Crippen LogP contribution < -0.4 is 15.5 Å². The molecule has 168 valence electrons. The van der Waals surface area contributed by atoms with Crippen LogP contribution in [-0.4, -0.2) is 63.2 Å². The first-order chi connectivity index (χ1) is 12.7. The minimum absolute atomic E-state index is 0. The lowest BCUT2D eigenvalue weighted by Crippen LogP contribution is -2.48. The van der Waals surface area contributed by atoms with Crippen LogP contribution in [0, 0.1) is 11.7 Å². The van der Waals surface area contributed by atoms with Gasteiger partial charge in [0.25, 0.3) is 0 Å². The predicted molar refractivity (Wildman–Crippen MR) is 125 cm³/mol. The molecule has 2 N–H and O–H groups in total. The van der Waals surface area contributed by atoms with Gasteiger partial charge in [0.15, 0.2) is 0 Å². The molecule has 0 bridgehead atoms. The number of amides is 1. The number of hydrogen-bond acceptors (Lipinski definition) is 4. The normalized spacial score (nSPS) is 17.5. The highest BCUT2D eigenvalue weighted by Crippen LogP contribution is 2.18. The van der Waals surface area contributed by atoms with Crippen LogP contribution in [0.2, 0.25) is 0 Å². The number of halogens is 4. The second kappa shape index (κ2) is 15.1. The highest BCUT2D eigenvalue weighted by molar-refractivity contribution is 5.86. The van der Waals surface area contributed by atoms with Crippen molar-refractivity contribution in [2.45, 2.75) is 25.7 Å². The molecule has 9 heteroatoms. The van der Waals surface area contributed by atoms with Gasteiger partial charge in [-0.3, -0.25) is 9.69 Å². The SMILES string of the molecule is Cl.Cl.Cl.O=C(CCC1CCNCC1)NCCN1CCN(c2ccc(F)cc2)CC1. The quantitative estimate of drug-likeness (QED) is 0.641. The van der Waals surface area contributed by atoms with Gasteiger partial charge in [0.05, 0.1) is 0 Å². The number of anilines is 1. The third-order valence-corrected chi connectivity index (χ3v) is 5.55. The fraction of sp³-hybridized carbons (Fsp3) is 0.650. The Labute approximate surface area is 192 Å². The van der Waals surface area contributed by atoms with Crippen LogP contribution in [0.4, 0.5) is 10.1 Å². The van der Waals surface area contributed by atoms with Crippen molar-refractivity contribution in [1.82, 2.24) is 15.5 Å². The van der Waals surface area contributed by atoms with Gasteiger partial charge in [-0.2, -0.15) is 0 Å². The van der Waals surface area contributed by atoms with Gasteiger partial charge in [0.1, 0.15) is 5.82 Å². The van der Waals surface area contributed by atoms with Crippen LogP contribution in [0.5, 0.6) is 0 Å². The molecular weight excluding hydrogens is 438 g/mol. The number of rotatable bonds is 7. The Morgan fingerprint density at radius 1 is 1.03 bits per heavy atom. The Bertz CT molecular complexity index is 565. The Morgan fingerprint density at radius 2 is 1.66 bits per heavy atom. The van der Waals surface area contributed by atoms with E-state index in [-0.39, 0.29) is 48.9 Å². The van der Waals surface area contributed by atoms with E-state index in [2.05, 4.69) is 20.4 Å². The number of nitrogens with one attached hydrogen (secondary N) is 2. The molecule has 5 nitrogen and oxygen atoms in total. The molecule has 2 aliphatic rings. The molecule has 0 radical (unpaired) electrons. The van der Waals surface area contributed by atoms with Gasteiger partial charge >= 0.3 is 0 Å². The molecule has 0 spiro atoms. The van der Waals surface area contributed by atoms with Crippen molar-refractivity contribution in [1.29, 1.82) is 0 Å². The molecule has 2 heterocycles. The first kappa shape index (κ1) is 28.2. The van der Waals surface area contributed by atoms with Crippen molar-refractivity contribution in [3.63, 3.8) is 0 Å². The topological polar surface area (TPSA) is 47.6 Å². The molecule has 1 aromatic carbocycles. The molecule has 2 saturated heterocycles.